The molecule has 0 amide bonds. The Morgan fingerprint density at radius 2 is 1.82 bits per heavy atom. The van der Waals surface area contributed by atoms with E-state index in [1.807, 2.05) is 30.3 Å². The van der Waals surface area contributed by atoms with Crippen LogP contribution in [0.1, 0.15) is 30.9 Å². The summed E-state index contributed by atoms with van der Waals surface area (Å²) in [4.78, 5) is 2.62. The third kappa shape index (κ3) is 3.79. The van der Waals surface area contributed by atoms with Crippen LogP contribution in [0.2, 0.25) is 5.02 Å². The summed E-state index contributed by atoms with van der Waals surface area (Å²) >= 11 is 6.11. The van der Waals surface area contributed by atoms with E-state index in [0.29, 0.717) is 36.3 Å². The number of fused-ring (bicyclic) bond motifs is 1. The average molecular weight is 421 g/mol. The van der Waals surface area contributed by atoms with Crippen LogP contribution in [0.25, 0.3) is 0 Å². The minimum Gasteiger partial charge on any atom is -0.356 e. The van der Waals surface area contributed by atoms with Gasteiger partial charge >= 0.3 is 0 Å². The van der Waals surface area contributed by atoms with E-state index in [9.17, 15) is 8.42 Å². The first-order valence-electron chi connectivity index (χ1n) is 9.71. The van der Waals surface area contributed by atoms with Gasteiger partial charge in [0.15, 0.2) is 0 Å². The lowest BCUT2D eigenvalue weighted by Gasteiger charge is -2.41. The first-order valence-corrected chi connectivity index (χ1v) is 11.5. The molecule has 28 heavy (non-hydrogen) atoms. The molecule has 7 heteroatoms. The fourth-order valence-corrected chi connectivity index (χ4v) is 5.68. The number of ether oxygens (including phenoxy) is 1. The fraction of sp³-hybridized carbons (Fsp3) is 0.429. The number of nitrogens with zero attached hydrogens (tertiary/aromatic N) is 2. The zero-order chi connectivity index (χ0) is 19.7. The van der Waals surface area contributed by atoms with Gasteiger partial charge in [-0.25, -0.2) is 8.42 Å². The lowest BCUT2D eigenvalue weighted by atomic mass is 10.0. The number of anilines is 1. The Bertz CT molecular complexity index is 939. The molecule has 2 aromatic rings. The minimum atomic E-state index is -3.44. The monoisotopic (exact) mass is 420 g/mol. The molecule has 0 unspecified atom stereocenters. The number of hydrogen-bond acceptors (Lipinski definition) is 4. The highest BCUT2D eigenvalue weighted by molar-refractivity contribution is 7.89. The maximum atomic E-state index is 13.0. The van der Waals surface area contributed by atoms with Gasteiger partial charge in [-0.2, -0.15) is 4.31 Å². The summed E-state index contributed by atoms with van der Waals surface area (Å²) in [5.41, 5.74) is 3.37. The predicted molar refractivity (Wildman–Crippen MR) is 111 cm³/mol. The van der Waals surface area contributed by atoms with Gasteiger partial charge in [-0.15, -0.1) is 0 Å². The van der Waals surface area contributed by atoms with Crippen LogP contribution in [0, 0.1) is 0 Å². The van der Waals surface area contributed by atoms with Crippen molar-refractivity contribution < 1.29 is 13.2 Å². The van der Waals surface area contributed by atoms with Gasteiger partial charge in [-0.1, -0.05) is 30.7 Å². The molecule has 0 aliphatic carbocycles. The molecule has 1 saturated heterocycles. The van der Waals surface area contributed by atoms with Crippen LogP contribution in [0.3, 0.4) is 0 Å². The van der Waals surface area contributed by atoms with Crippen molar-refractivity contribution in [2.24, 2.45) is 0 Å². The molecule has 150 valence electrons. The number of hydrogen-bond donors (Lipinski definition) is 0. The van der Waals surface area contributed by atoms with Crippen molar-refractivity contribution in [1.82, 2.24) is 4.31 Å². The smallest absolute Gasteiger partial charge is 0.243 e. The molecule has 1 fully saturated rings. The minimum absolute atomic E-state index is 0.258. The Morgan fingerprint density at radius 1 is 1.11 bits per heavy atom. The van der Waals surface area contributed by atoms with Gasteiger partial charge in [-0.3, -0.25) is 0 Å². The molecule has 0 bridgehead atoms. The van der Waals surface area contributed by atoms with E-state index in [-0.39, 0.29) is 6.04 Å². The van der Waals surface area contributed by atoms with E-state index < -0.39 is 10.0 Å². The van der Waals surface area contributed by atoms with Gasteiger partial charge < -0.3 is 9.64 Å². The fourth-order valence-electron chi connectivity index (χ4n) is 4.02. The quantitative estimate of drug-likeness (QED) is 0.748. The third-order valence-corrected chi connectivity index (χ3v) is 7.82. The number of rotatable bonds is 4. The van der Waals surface area contributed by atoms with Gasteiger partial charge in [0.2, 0.25) is 10.0 Å². The molecule has 2 aliphatic rings. The number of benzene rings is 2. The van der Waals surface area contributed by atoms with E-state index in [4.69, 9.17) is 16.3 Å². The molecular weight excluding hydrogens is 396 g/mol. The van der Waals surface area contributed by atoms with E-state index in [2.05, 4.69) is 11.8 Å². The van der Waals surface area contributed by atoms with Gasteiger partial charge in [-0.05, 0) is 55.2 Å². The van der Waals surface area contributed by atoms with Gasteiger partial charge in [0.05, 0.1) is 11.5 Å². The zero-order valence-corrected chi connectivity index (χ0v) is 17.5. The van der Waals surface area contributed by atoms with Crippen LogP contribution in [0.4, 0.5) is 5.69 Å². The standard InChI is InChI=1S/C21H25ClN2O3S/c1-2-16-3-6-20(7-4-16)28(25,26)23-11-9-19(10-12-23)24-15-27-14-17-13-18(22)5-8-21(17)24/h3-8,13,19H,2,9-12,14-15H2,1H3. The largest absolute Gasteiger partial charge is 0.356 e. The molecular formula is C21H25ClN2O3S. The molecule has 2 aliphatic heterocycles. The number of aryl methyl sites for hydroxylation is 1. The molecule has 4 rings (SSSR count). The van der Waals surface area contributed by atoms with Crippen molar-refractivity contribution in [2.75, 3.05) is 24.7 Å². The first-order chi connectivity index (χ1) is 13.5. The van der Waals surface area contributed by atoms with Gasteiger partial charge in [0.25, 0.3) is 0 Å². The summed E-state index contributed by atoms with van der Waals surface area (Å²) in [7, 11) is -3.44. The van der Waals surface area contributed by atoms with Crippen molar-refractivity contribution >= 4 is 27.3 Å². The number of halogens is 1. The van der Waals surface area contributed by atoms with Crippen LogP contribution >= 0.6 is 11.6 Å². The third-order valence-electron chi connectivity index (χ3n) is 5.67. The van der Waals surface area contributed by atoms with Gasteiger partial charge in [0, 0.05) is 35.4 Å². The second kappa shape index (κ2) is 8.03. The van der Waals surface area contributed by atoms with E-state index >= 15 is 0 Å². The summed E-state index contributed by atoms with van der Waals surface area (Å²) < 4.78 is 33.3. The second-order valence-corrected chi connectivity index (χ2v) is 9.73. The molecule has 2 heterocycles. The molecule has 0 N–H and O–H groups in total. The molecule has 0 radical (unpaired) electrons. The predicted octanol–water partition coefficient (Wildman–Crippen LogP) is 4.05. The van der Waals surface area contributed by atoms with Crippen molar-refractivity contribution in [2.45, 2.75) is 43.7 Å². The van der Waals surface area contributed by atoms with E-state index in [1.54, 1.807) is 16.4 Å². The van der Waals surface area contributed by atoms with Crippen LogP contribution < -0.4 is 4.90 Å². The Balaban J connectivity index is 1.46. The molecule has 0 atom stereocenters. The Kier molecular flexibility index (Phi) is 5.65. The lowest BCUT2D eigenvalue weighted by Crippen LogP contribution is -2.48. The number of sulfonamides is 1. The maximum Gasteiger partial charge on any atom is 0.243 e. The Morgan fingerprint density at radius 3 is 2.50 bits per heavy atom. The SMILES string of the molecule is CCc1ccc(S(=O)(=O)N2CCC(N3COCc4cc(Cl)ccc43)CC2)cc1. The van der Waals surface area contributed by atoms with Crippen molar-refractivity contribution in [3.05, 3.63) is 58.6 Å². The molecule has 5 nitrogen and oxygen atoms in total. The van der Waals surface area contributed by atoms with E-state index in [0.717, 1.165) is 36.1 Å². The normalized spacial score (nSPS) is 18.9. The maximum absolute atomic E-state index is 13.0. The molecule has 0 saturated carbocycles. The highest BCUT2D eigenvalue weighted by Crippen LogP contribution is 2.33. The lowest BCUT2D eigenvalue weighted by molar-refractivity contribution is 0.0988. The van der Waals surface area contributed by atoms with Crippen molar-refractivity contribution in [1.29, 1.82) is 0 Å². The first kappa shape index (κ1) is 19.7. The highest BCUT2D eigenvalue weighted by Gasteiger charge is 2.33. The van der Waals surface area contributed by atoms with E-state index in [1.165, 1.54) is 0 Å². The summed E-state index contributed by atoms with van der Waals surface area (Å²) in [6.07, 6.45) is 2.45. The zero-order valence-electron chi connectivity index (χ0n) is 16.0. The Labute approximate surface area is 171 Å². The number of piperidine rings is 1. The molecule has 0 spiro atoms. The average Bonchev–Trinajstić information content (AvgIpc) is 2.73. The van der Waals surface area contributed by atoms with Crippen LogP contribution in [-0.4, -0.2) is 38.6 Å². The highest BCUT2D eigenvalue weighted by atomic mass is 35.5. The summed E-state index contributed by atoms with van der Waals surface area (Å²) in [5.74, 6) is 0. The Hall–Kier alpha value is -1.60. The summed E-state index contributed by atoms with van der Waals surface area (Å²) in [5, 5.41) is 0.708. The molecule has 2 aromatic carbocycles. The second-order valence-electron chi connectivity index (χ2n) is 7.35. The van der Waals surface area contributed by atoms with Crippen molar-refractivity contribution in [3.63, 3.8) is 0 Å². The van der Waals surface area contributed by atoms with Crippen LogP contribution in [-0.2, 0) is 27.8 Å². The molecule has 0 aromatic heterocycles. The topological polar surface area (TPSA) is 49.9 Å². The van der Waals surface area contributed by atoms with Crippen LogP contribution in [0.5, 0.6) is 0 Å². The van der Waals surface area contributed by atoms with Gasteiger partial charge in [0.1, 0.15) is 6.73 Å². The summed E-state index contributed by atoms with van der Waals surface area (Å²) in [6, 6.07) is 13.4. The van der Waals surface area contributed by atoms with Crippen molar-refractivity contribution in [3.8, 4) is 0 Å². The van der Waals surface area contributed by atoms with Crippen LogP contribution in [0.15, 0.2) is 47.4 Å². The summed E-state index contributed by atoms with van der Waals surface area (Å²) in [6.45, 7) is 4.19.